The predicted octanol–water partition coefficient (Wildman–Crippen LogP) is 4.34. The topological polar surface area (TPSA) is 81.5 Å². The lowest BCUT2D eigenvalue weighted by molar-refractivity contribution is -0.384. The quantitative estimate of drug-likeness (QED) is 0.496. The molecule has 0 bridgehead atoms. The number of carbonyl (C=O) groups excluding carboxylic acids is 1. The molecule has 0 aliphatic carbocycles. The van der Waals surface area contributed by atoms with Gasteiger partial charge >= 0.3 is 0 Å². The van der Waals surface area contributed by atoms with Crippen molar-refractivity contribution in [3.8, 4) is 5.75 Å². The molecule has 0 spiro atoms. The van der Waals surface area contributed by atoms with Crippen molar-refractivity contribution >= 4 is 17.7 Å². The van der Waals surface area contributed by atoms with Crippen LogP contribution in [0.2, 0.25) is 0 Å². The number of fused-ring (bicyclic) bond motifs is 1. The fourth-order valence-electron chi connectivity index (χ4n) is 3.19. The number of non-ortho nitro benzene ring substituents is 1. The highest BCUT2D eigenvalue weighted by Crippen LogP contribution is 2.39. The highest BCUT2D eigenvalue weighted by molar-refractivity contribution is 5.92. The SMILES string of the molecule is Cc1ccc2c(c1)OC(C)(C)C[C@@H]2NC(=O)/C=C/c1ccc([N+](=O)[O-])cc1. The minimum atomic E-state index is -0.452. The highest BCUT2D eigenvalue weighted by atomic mass is 16.6. The number of nitrogens with one attached hydrogen (secondary N) is 1. The first-order chi connectivity index (χ1) is 12.7. The Morgan fingerprint density at radius 3 is 2.63 bits per heavy atom. The minimum Gasteiger partial charge on any atom is -0.487 e. The summed E-state index contributed by atoms with van der Waals surface area (Å²) in [7, 11) is 0. The minimum absolute atomic E-state index is 0.0212. The summed E-state index contributed by atoms with van der Waals surface area (Å²) in [5.41, 5.74) is 2.44. The Hall–Kier alpha value is -3.15. The van der Waals surface area contributed by atoms with Crippen LogP contribution >= 0.6 is 0 Å². The molecule has 0 radical (unpaired) electrons. The third-order valence-electron chi connectivity index (χ3n) is 4.47. The lowest BCUT2D eigenvalue weighted by Crippen LogP contribution is -2.40. The van der Waals surface area contributed by atoms with E-state index in [1.165, 1.54) is 18.2 Å². The number of nitrogens with zero attached hydrogens (tertiary/aromatic N) is 1. The Bertz CT molecular complexity index is 901. The molecular weight excluding hydrogens is 344 g/mol. The summed E-state index contributed by atoms with van der Waals surface area (Å²) in [6, 6.07) is 11.9. The van der Waals surface area contributed by atoms with E-state index in [2.05, 4.69) is 5.32 Å². The zero-order chi connectivity index (χ0) is 19.6. The van der Waals surface area contributed by atoms with Gasteiger partial charge in [0.05, 0.1) is 11.0 Å². The number of nitro groups is 1. The largest absolute Gasteiger partial charge is 0.487 e. The second-order valence-electron chi connectivity index (χ2n) is 7.35. The molecule has 0 saturated carbocycles. The number of benzene rings is 2. The maximum atomic E-state index is 12.4. The summed E-state index contributed by atoms with van der Waals surface area (Å²) in [5, 5.41) is 13.7. The molecule has 6 nitrogen and oxygen atoms in total. The third kappa shape index (κ3) is 4.53. The lowest BCUT2D eigenvalue weighted by Gasteiger charge is -2.38. The van der Waals surface area contributed by atoms with Gasteiger partial charge in [-0.1, -0.05) is 12.1 Å². The van der Waals surface area contributed by atoms with E-state index in [9.17, 15) is 14.9 Å². The standard InChI is InChI=1S/C21H22N2O4/c1-14-4-10-17-18(13-21(2,3)27-19(17)12-14)22-20(24)11-7-15-5-8-16(9-6-15)23(25)26/h4-12,18H,13H2,1-3H3,(H,22,24)/b11-7+/t18-/m0/s1. The zero-order valence-electron chi connectivity index (χ0n) is 15.6. The number of carbonyl (C=O) groups is 1. The molecule has 6 heteroatoms. The summed E-state index contributed by atoms with van der Waals surface area (Å²) in [4.78, 5) is 22.6. The summed E-state index contributed by atoms with van der Waals surface area (Å²) < 4.78 is 6.05. The van der Waals surface area contributed by atoms with Crippen LogP contribution in [0.25, 0.3) is 6.08 Å². The number of hydrogen-bond acceptors (Lipinski definition) is 4. The molecule has 0 unspecified atom stereocenters. The van der Waals surface area contributed by atoms with Crippen molar-refractivity contribution < 1.29 is 14.5 Å². The van der Waals surface area contributed by atoms with Crippen LogP contribution < -0.4 is 10.1 Å². The van der Waals surface area contributed by atoms with E-state index in [-0.39, 0.29) is 23.2 Å². The van der Waals surface area contributed by atoms with Crippen LogP contribution in [0.1, 0.15) is 43.0 Å². The van der Waals surface area contributed by atoms with Crippen LogP contribution in [-0.4, -0.2) is 16.4 Å². The van der Waals surface area contributed by atoms with Crippen molar-refractivity contribution in [1.82, 2.24) is 5.32 Å². The van der Waals surface area contributed by atoms with Gasteiger partial charge in [0.25, 0.3) is 5.69 Å². The van der Waals surface area contributed by atoms with Gasteiger partial charge in [0.2, 0.25) is 5.91 Å². The van der Waals surface area contributed by atoms with E-state index >= 15 is 0 Å². The van der Waals surface area contributed by atoms with Crippen LogP contribution in [0.3, 0.4) is 0 Å². The predicted molar refractivity (Wildman–Crippen MR) is 104 cm³/mol. The van der Waals surface area contributed by atoms with Crippen molar-refractivity contribution in [2.45, 2.75) is 38.8 Å². The smallest absolute Gasteiger partial charge is 0.269 e. The van der Waals surface area contributed by atoms with Crippen molar-refractivity contribution in [2.75, 3.05) is 0 Å². The molecule has 1 heterocycles. The molecule has 27 heavy (non-hydrogen) atoms. The van der Waals surface area contributed by atoms with Crippen LogP contribution in [0.15, 0.2) is 48.5 Å². The first-order valence-corrected chi connectivity index (χ1v) is 8.76. The number of ether oxygens (including phenoxy) is 1. The molecule has 1 N–H and O–H groups in total. The van der Waals surface area contributed by atoms with Crippen LogP contribution in [0.4, 0.5) is 5.69 Å². The van der Waals surface area contributed by atoms with Gasteiger partial charge in [0, 0.05) is 30.2 Å². The van der Waals surface area contributed by atoms with Crippen molar-refractivity contribution in [1.29, 1.82) is 0 Å². The van der Waals surface area contributed by atoms with Crippen LogP contribution in [0, 0.1) is 17.0 Å². The number of aryl methyl sites for hydroxylation is 1. The summed E-state index contributed by atoms with van der Waals surface area (Å²) in [6.45, 7) is 6.01. The van der Waals surface area contributed by atoms with Gasteiger partial charge < -0.3 is 10.1 Å². The lowest BCUT2D eigenvalue weighted by atomic mass is 9.89. The Morgan fingerprint density at radius 2 is 1.96 bits per heavy atom. The molecule has 1 amide bonds. The highest BCUT2D eigenvalue weighted by Gasteiger charge is 2.34. The monoisotopic (exact) mass is 366 g/mol. The van der Waals surface area contributed by atoms with Crippen LogP contribution in [-0.2, 0) is 4.79 Å². The van der Waals surface area contributed by atoms with Gasteiger partial charge in [-0.3, -0.25) is 14.9 Å². The first-order valence-electron chi connectivity index (χ1n) is 8.76. The van der Waals surface area contributed by atoms with Crippen molar-refractivity contribution in [3.05, 3.63) is 75.3 Å². The fraction of sp³-hybridized carbons (Fsp3) is 0.286. The van der Waals surface area contributed by atoms with Gasteiger partial charge in [-0.25, -0.2) is 0 Å². The van der Waals surface area contributed by atoms with Gasteiger partial charge in [0.15, 0.2) is 0 Å². The second kappa shape index (κ2) is 7.23. The molecule has 2 aromatic rings. The third-order valence-corrected chi connectivity index (χ3v) is 4.47. The number of hydrogen-bond donors (Lipinski definition) is 1. The number of amides is 1. The van der Waals surface area contributed by atoms with Gasteiger partial charge in [-0.05, 0) is 56.2 Å². The summed E-state index contributed by atoms with van der Waals surface area (Å²) >= 11 is 0. The summed E-state index contributed by atoms with van der Waals surface area (Å²) in [5.74, 6) is 0.582. The fourth-order valence-corrected chi connectivity index (χ4v) is 3.19. The van der Waals surface area contributed by atoms with Gasteiger partial charge in [-0.2, -0.15) is 0 Å². The molecule has 0 fully saturated rings. The molecule has 0 aromatic heterocycles. The Morgan fingerprint density at radius 1 is 1.26 bits per heavy atom. The second-order valence-corrected chi connectivity index (χ2v) is 7.35. The average Bonchev–Trinajstić information content (AvgIpc) is 2.59. The molecule has 3 rings (SSSR count). The van der Waals surface area contributed by atoms with Crippen molar-refractivity contribution in [3.63, 3.8) is 0 Å². The van der Waals surface area contributed by atoms with E-state index in [1.54, 1.807) is 18.2 Å². The van der Waals surface area contributed by atoms with Gasteiger partial charge in [-0.15, -0.1) is 0 Å². The molecule has 1 aliphatic rings. The zero-order valence-corrected chi connectivity index (χ0v) is 15.6. The summed E-state index contributed by atoms with van der Waals surface area (Å²) in [6.07, 6.45) is 3.75. The molecule has 1 aliphatic heterocycles. The van der Waals surface area contributed by atoms with E-state index in [0.29, 0.717) is 6.42 Å². The molecule has 0 saturated heterocycles. The molecule has 1 atom stereocenters. The van der Waals surface area contributed by atoms with E-state index in [0.717, 1.165) is 22.4 Å². The van der Waals surface area contributed by atoms with E-state index < -0.39 is 4.92 Å². The van der Waals surface area contributed by atoms with E-state index in [1.807, 2.05) is 39.0 Å². The van der Waals surface area contributed by atoms with Crippen LogP contribution in [0.5, 0.6) is 5.75 Å². The molecule has 2 aromatic carbocycles. The Labute approximate surface area is 158 Å². The maximum Gasteiger partial charge on any atom is 0.269 e. The van der Waals surface area contributed by atoms with E-state index in [4.69, 9.17) is 4.74 Å². The molecular formula is C21H22N2O4. The normalized spacial score (nSPS) is 17.8. The average molecular weight is 366 g/mol. The van der Waals surface area contributed by atoms with Crippen molar-refractivity contribution in [2.24, 2.45) is 0 Å². The Kier molecular flexibility index (Phi) is 4.99. The number of rotatable bonds is 4. The Balaban J connectivity index is 1.73. The first kappa shape index (κ1) is 18.6. The number of nitro benzene ring substituents is 1. The molecule has 140 valence electrons. The van der Waals surface area contributed by atoms with Gasteiger partial charge in [0.1, 0.15) is 11.4 Å². The maximum absolute atomic E-state index is 12.4.